The van der Waals surface area contributed by atoms with E-state index in [9.17, 15) is 5.11 Å². The van der Waals surface area contributed by atoms with Crippen LogP contribution < -0.4 is 5.32 Å². The standard InChI is InChI=1S/C12H21N3OS/c1-10(12-8-17-9-14-12)15(5-6-16)7-11-3-2-4-13-11/h8-11,13,16H,2-7H2,1H3. The molecule has 2 atom stereocenters. The molecule has 0 amide bonds. The molecule has 1 aromatic rings. The van der Waals surface area contributed by atoms with Crippen molar-refractivity contribution < 1.29 is 5.11 Å². The second-order valence-corrected chi connectivity index (χ2v) is 5.32. The number of aliphatic hydroxyl groups is 1. The number of hydrogen-bond acceptors (Lipinski definition) is 5. The number of nitrogens with zero attached hydrogens (tertiary/aromatic N) is 2. The average Bonchev–Trinajstić information content (AvgIpc) is 3.00. The van der Waals surface area contributed by atoms with Crippen molar-refractivity contribution in [2.45, 2.75) is 31.8 Å². The Labute approximate surface area is 107 Å². The van der Waals surface area contributed by atoms with Gasteiger partial charge in [-0.1, -0.05) is 0 Å². The van der Waals surface area contributed by atoms with E-state index in [-0.39, 0.29) is 12.6 Å². The Balaban J connectivity index is 1.95. The predicted molar refractivity (Wildman–Crippen MR) is 70.2 cm³/mol. The number of rotatable bonds is 6. The Kier molecular flexibility index (Phi) is 4.91. The Hall–Kier alpha value is -0.490. The topological polar surface area (TPSA) is 48.4 Å². The maximum Gasteiger partial charge on any atom is 0.0795 e. The number of hydrogen-bond donors (Lipinski definition) is 2. The Morgan fingerprint density at radius 3 is 3.18 bits per heavy atom. The molecule has 2 N–H and O–H groups in total. The van der Waals surface area contributed by atoms with Crippen LogP contribution in [0.25, 0.3) is 0 Å². The van der Waals surface area contributed by atoms with E-state index in [1.54, 1.807) is 11.3 Å². The number of nitrogens with one attached hydrogen (secondary N) is 1. The Morgan fingerprint density at radius 1 is 1.71 bits per heavy atom. The van der Waals surface area contributed by atoms with E-state index < -0.39 is 0 Å². The first-order valence-corrected chi connectivity index (χ1v) is 7.22. The van der Waals surface area contributed by atoms with Gasteiger partial charge in [0, 0.05) is 24.5 Å². The molecule has 2 unspecified atom stereocenters. The molecule has 2 rings (SSSR count). The molecule has 2 heterocycles. The molecular formula is C12H21N3OS. The van der Waals surface area contributed by atoms with E-state index in [1.807, 2.05) is 5.51 Å². The second kappa shape index (κ2) is 6.44. The van der Waals surface area contributed by atoms with Gasteiger partial charge in [0.25, 0.3) is 0 Å². The normalized spacial score (nSPS) is 22.2. The van der Waals surface area contributed by atoms with Crippen molar-refractivity contribution in [3.05, 3.63) is 16.6 Å². The molecule has 0 aromatic carbocycles. The molecule has 0 aliphatic carbocycles. The summed E-state index contributed by atoms with van der Waals surface area (Å²) in [5.41, 5.74) is 2.98. The van der Waals surface area contributed by atoms with Gasteiger partial charge in [0.05, 0.1) is 23.9 Å². The van der Waals surface area contributed by atoms with Crippen molar-refractivity contribution in [3.8, 4) is 0 Å². The summed E-state index contributed by atoms with van der Waals surface area (Å²) in [6.45, 7) is 5.22. The molecule has 1 fully saturated rings. The molecule has 1 aliphatic heterocycles. The number of aromatic nitrogens is 1. The maximum atomic E-state index is 9.18. The van der Waals surface area contributed by atoms with Gasteiger partial charge in [-0.25, -0.2) is 4.98 Å². The van der Waals surface area contributed by atoms with Crippen LogP contribution in [0.1, 0.15) is 31.5 Å². The van der Waals surface area contributed by atoms with Crippen LogP contribution in [0.5, 0.6) is 0 Å². The first-order chi connectivity index (χ1) is 8.31. The zero-order valence-electron chi connectivity index (χ0n) is 10.3. The molecule has 5 heteroatoms. The van der Waals surface area contributed by atoms with Crippen molar-refractivity contribution in [2.24, 2.45) is 0 Å². The zero-order valence-corrected chi connectivity index (χ0v) is 11.1. The van der Waals surface area contributed by atoms with Crippen LogP contribution in [0, 0.1) is 0 Å². The van der Waals surface area contributed by atoms with Crippen molar-refractivity contribution in [1.29, 1.82) is 0 Å². The third-order valence-electron chi connectivity index (χ3n) is 3.43. The van der Waals surface area contributed by atoms with Crippen LogP contribution in [0.3, 0.4) is 0 Å². The zero-order chi connectivity index (χ0) is 12.1. The smallest absolute Gasteiger partial charge is 0.0795 e. The SMILES string of the molecule is CC(c1cscn1)N(CCO)CC1CCCN1. The van der Waals surface area contributed by atoms with E-state index in [4.69, 9.17) is 0 Å². The second-order valence-electron chi connectivity index (χ2n) is 4.60. The fraction of sp³-hybridized carbons (Fsp3) is 0.750. The molecule has 4 nitrogen and oxygen atoms in total. The number of aliphatic hydroxyl groups excluding tert-OH is 1. The quantitative estimate of drug-likeness (QED) is 0.803. The van der Waals surface area contributed by atoms with E-state index in [1.165, 1.54) is 12.8 Å². The first kappa shape index (κ1) is 13.0. The van der Waals surface area contributed by atoms with E-state index in [2.05, 4.69) is 27.5 Å². The van der Waals surface area contributed by atoms with Gasteiger partial charge < -0.3 is 10.4 Å². The first-order valence-electron chi connectivity index (χ1n) is 6.27. The van der Waals surface area contributed by atoms with Gasteiger partial charge >= 0.3 is 0 Å². The Bertz CT molecular complexity index is 312. The van der Waals surface area contributed by atoms with Gasteiger partial charge in [-0.15, -0.1) is 11.3 Å². The summed E-state index contributed by atoms with van der Waals surface area (Å²) >= 11 is 1.63. The van der Waals surface area contributed by atoms with Gasteiger partial charge in [0.1, 0.15) is 0 Å². The molecule has 0 radical (unpaired) electrons. The van der Waals surface area contributed by atoms with Gasteiger partial charge in [-0.3, -0.25) is 4.90 Å². The largest absolute Gasteiger partial charge is 0.395 e. The molecular weight excluding hydrogens is 234 g/mol. The van der Waals surface area contributed by atoms with Crippen LogP contribution in [-0.4, -0.2) is 47.3 Å². The summed E-state index contributed by atoms with van der Waals surface area (Å²) in [7, 11) is 0. The summed E-state index contributed by atoms with van der Waals surface area (Å²) in [4.78, 5) is 6.69. The fourth-order valence-corrected chi connectivity index (χ4v) is 3.02. The molecule has 0 saturated carbocycles. The highest BCUT2D eigenvalue weighted by Gasteiger charge is 2.22. The average molecular weight is 255 g/mol. The van der Waals surface area contributed by atoms with Crippen molar-refractivity contribution in [2.75, 3.05) is 26.2 Å². The van der Waals surface area contributed by atoms with Gasteiger partial charge in [0.15, 0.2) is 0 Å². The summed E-state index contributed by atoms with van der Waals surface area (Å²) in [6.07, 6.45) is 2.51. The molecule has 17 heavy (non-hydrogen) atoms. The fourth-order valence-electron chi connectivity index (χ4n) is 2.38. The van der Waals surface area contributed by atoms with E-state index >= 15 is 0 Å². The van der Waals surface area contributed by atoms with Crippen molar-refractivity contribution in [3.63, 3.8) is 0 Å². The lowest BCUT2D eigenvalue weighted by atomic mass is 10.1. The lowest BCUT2D eigenvalue weighted by molar-refractivity contribution is 0.146. The molecule has 0 bridgehead atoms. The van der Waals surface area contributed by atoms with Crippen LogP contribution in [-0.2, 0) is 0 Å². The lowest BCUT2D eigenvalue weighted by Crippen LogP contribution is -2.40. The lowest BCUT2D eigenvalue weighted by Gasteiger charge is -2.29. The summed E-state index contributed by atoms with van der Waals surface area (Å²) in [5.74, 6) is 0. The highest BCUT2D eigenvalue weighted by atomic mass is 32.1. The minimum Gasteiger partial charge on any atom is -0.395 e. The van der Waals surface area contributed by atoms with Gasteiger partial charge in [-0.2, -0.15) is 0 Å². The minimum atomic E-state index is 0.210. The van der Waals surface area contributed by atoms with Crippen LogP contribution in [0.4, 0.5) is 0 Å². The molecule has 96 valence electrons. The summed E-state index contributed by atoms with van der Waals surface area (Å²) in [5, 5.41) is 14.8. The number of thiazole rings is 1. The van der Waals surface area contributed by atoms with Crippen LogP contribution in [0.2, 0.25) is 0 Å². The summed E-state index contributed by atoms with van der Waals surface area (Å²) < 4.78 is 0. The predicted octanol–water partition coefficient (Wildman–Crippen LogP) is 1.25. The molecule has 0 spiro atoms. The van der Waals surface area contributed by atoms with Crippen LogP contribution >= 0.6 is 11.3 Å². The Morgan fingerprint density at radius 2 is 2.59 bits per heavy atom. The van der Waals surface area contributed by atoms with E-state index in [0.717, 1.165) is 25.3 Å². The minimum absolute atomic E-state index is 0.210. The van der Waals surface area contributed by atoms with Gasteiger partial charge in [-0.05, 0) is 26.3 Å². The van der Waals surface area contributed by atoms with Gasteiger partial charge in [0.2, 0.25) is 0 Å². The third-order valence-corrected chi connectivity index (χ3v) is 4.04. The third kappa shape index (κ3) is 3.48. The van der Waals surface area contributed by atoms with Crippen molar-refractivity contribution in [1.82, 2.24) is 15.2 Å². The monoisotopic (exact) mass is 255 g/mol. The maximum absolute atomic E-state index is 9.18. The van der Waals surface area contributed by atoms with Crippen LogP contribution in [0.15, 0.2) is 10.9 Å². The summed E-state index contributed by atoms with van der Waals surface area (Å²) in [6, 6.07) is 0.860. The van der Waals surface area contributed by atoms with E-state index in [0.29, 0.717) is 6.04 Å². The highest BCUT2D eigenvalue weighted by molar-refractivity contribution is 7.07. The van der Waals surface area contributed by atoms with Crippen molar-refractivity contribution >= 4 is 11.3 Å². The molecule has 1 aliphatic rings. The molecule has 1 saturated heterocycles. The highest BCUT2D eigenvalue weighted by Crippen LogP contribution is 2.21. The molecule has 1 aromatic heterocycles.